The minimum atomic E-state index is 0.540. The van der Waals surface area contributed by atoms with Crippen LogP contribution in [0.5, 0.6) is 0 Å². The highest BCUT2D eigenvalue weighted by atomic mass is 16.5. The molecule has 3 rings (SSSR count). The van der Waals surface area contributed by atoms with Crippen LogP contribution < -0.4 is 10.2 Å². The molecule has 0 radical (unpaired) electrons. The second-order valence-electron chi connectivity index (χ2n) is 4.77. The minimum Gasteiger partial charge on any atom is -0.387 e. The van der Waals surface area contributed by atoms with E-state index >= 15 is 0 Å². The van der Waals surface area contributed by atoms with Crippen LogP contribution in [0.15, 0.2) is 47.1 Å². The average molecular weight is 268 g/mol. The molecule has 0 spiro atoms. The van der Waals surface area contributed by atoms with Gasteiger partial charge in [-0.3, -0.25) is 0 Å². The first-order valence-electron chi connectivity index (χ1n) is 6.46. The highest BCUT2D eigenvalue weighted by Gasteiger charge is 2.12. The van der Waals surface area contributed by atoms with Crippen molar-refractivity contribution in [2.24, 2.45) is 0 Å². The first-order chi connectivity index (χ1) is 9.74. The molecule has 20 heavy (non-hydrogen) atoms. The zero-order chi connectivity index (χ0) is 13.9. The Balaban J connectivity index is 1.86. The molecule has 1 aliphatic heterocycles. The number of dihydropyridines is 1. The summed E-state index contributed by atoms with van der Waals surface area (Å²) in [6, 6.07) is 8.03. The topological polar surface area (TPSA) is 54.2 Å². The molecule has 1 aliphatic rings. The molecule has 1 N–H and O–H groups in total. The summed E-state index contributed by atoms with van der Waals surface area (Å²) >= 11 is 0. The summed E-state index contributed by atoms with van der Waals surface area (Å²) in [6.07, 6.45) is 5.86. The number of nitrogens with zero attached hydrogens (tertiary/aromatic N) is 3. The molecule has 2 heterocycles. The predicted molar refractivity (Wildman–Crippen MR) is 79.2 cm³/mol. The zero-order valence-electron chi connectivity index (χ0n) is 11.5. The maximum Gasteiger partial charge on any atom is 0.258 e. The van der Waals surface area contributed by atoms with E-state index < -0.39 is 0 Å². The summed E-state index contributed by atoms with van der Waals surface area (Å²) in [5.41, 5.74) is 3.04. The van der Waals surface area contributed by atoms with Crippen molar-refractivity contribution in [3.63, 3.8) is 0 Å². The van der Waals surface area contributed by atoms with E-state index in [-0.39, 0.29) is 0 Å². The van der Waals surface area contributed by atoms with E-state index in [2.05, 4.69) is 15.5 Å². The van der Waals surface area contributed by atoms with Crippen LogP contribution in [0.3, 0.4) is 0 Å². The van der Waals surface area contributed by atoms with Gasteiger partial charge in [0.2, 0.25) is 5.82 Å². The number of benzene rings is 1. The van der Waals surface area contributed by atoms with Crippen molar-refractivity contribution in [1.29, 1.82) is 0 Å². The van der Waals surface area contributed by atoms with Crippen molar-refractivity contribution in [2.45, 2.75) is 0 Å². The SMILES string of the molecule is CN(C)c1ccc(-c2nc(C3=CCNC=C3)no2)cc1. The fourth-order valence-electron chi connectivity index (χ4n) is 1.98. The van der Waals surface area contributed by atoms with Gasteiger partial charge in [-0.1, -0.05) is 11.2 Å². The molecule has 0 aliphatic carbocycles. The molecule has 5 nitrogen and oxygen atoms in total. The van der Waals surface area contributed by atoms with Crippen molar-refractivity contribution >= 4 is 11.3 Å². The Morgan fingerprint density at radius 2 is 2.00 bits per heavy atom. The summed E-state index contributed by atoms with van der Waals surface area (Å²) < 4.78 is 5.33. The Kier molecular flexibility index (Phi) is 3.25. The van der Waals surface area contributed by atoms with Crippen LogP contribution in [0.25, 0.3) is 17.0 Å². The Morgan fingerprint density at radius 3 is 2.65 bits per heavy atom. The van der Waals surface area contributed by atoms with Gasteiger partial charge in [0.05, 0.1) is 0 Å². The summed E-state index contributed by atoms with van der Waals surface area (Å²) in [4.78, 5) is 6.49. The third kappa shape index (κ3) is 2.42. The molecule has 2 aromatic rings. The lowest BCUT2D eigenvalue weighted by molar-refractivity contribution is 0.428. The summed E-state index contributed by atoms with van der Waals surface area (Å²) in [7, 11) is 4.02. The smallest absolute Gasteiger partial charge is 0.258 e. The maximum absolute atomic E-state index is 5.33. The van der Waals surface area contributed by atoms with Crippen LogP contribution in [0.1, 0.15) is 5.82 Å². The van der Waals surface area contributed by atoms with E-state index in [1.807, 2.05) is 61.6 Å². The molecule has 1 aromatic heterocycles. The maximum atomic E-state index is 5.33. The standard InChI is InChI=1S/C15H16N4O/c1-19(2)13-5-3-12(4-6-13)15-17-14(18-20-15)11-7-9-16-10-8-11/h3-9,16H,10H2,1-2H3. The van der Waals surface area contributed by atoms with Crippen LogP contribution in [-0.4, -0.2) is 30.8 Å². The molecule has 5 heteroatoms. The van der Waals surface area contributed by atoms with Crippen LogP contribution in [-0.2, 0) is 0 Å². The van der Waals surface area contributed by atoms with Crippen molar-refractivity contribution in [3.05, 3.63) is 48.4 Å². The Labute approximate surface area is 117 Å². The Bertz CT molecular complexity index is 653. The number of allylic oxidation sites excluding steroid dienone is 2. The highest BCUT2D eigenvalue weighted by molar-refractivity contribution is 5.71. The number of rotatable bonds is 3. The third-order valence-electron chi connectivity index (χ3n) is 3.14. The van der Waals surface area contributed by atoms with E-state index in [4.69, 9.17) is 4.52 Å². The fourth-order valence-corrected chi connectivity index (χ4v) is 1.98. The van der Waals surface area contributed by atoms with E-state index in [1.54, 1.807) is 0 Å². The third-order valence-corrected chi connectivity index (χ3v) is 3.14. The number of aromatic nitrogens is 2. The van der Waals surface area contributed by atoms with Crippen molar-refractivity contribution in [1.82, 2.24) is 15.5 Å². The lowest BCUT2D eigenvalue weighted by Gasteiger charge is -2.11. The fraction of sp³-hybridized carbons (Fsp3) is 0.200. The Hall–Kier alpha value is -2.56. The first-order valence-corrected chi connectivity index (χ1v) is 6.46. The number of anilines is 1. The molecular formula is C15H16N4O. The number of hydrogen-bond acceptors (Lipinski definition) is 5. The van der Waals surface area contributed by atoms with Gasteiger partial charge in [0, 0.05) is 37.5 Å². The second kappa shape index (κ2) is 5.21. The summed E-state index contributed by atoms with van der Waals surface area (Å²) in [5.74, 6) is 1.16. The Morgan fingerprint density at radius 1 is 1.20 bits per heavy atom. The molecule has 102 valence electrons. The molecule has 0 unspecified atom stereocenters. The molecule has 0 atom stereocenters. The molecule has 0 saturated carbocycles. The van der Waals surface area contributed by atoms with Crippen LogP contribution in [0.4, 0.5) is 5.69 Å². The van der Waals surface area contributed by atoms with Gasteiger partial charge in [-0.05, 0) is 36.5 Å². The first kappa shape index (κ1) is 12.5. The monoisotopic (exact) mass is 268 g/mol. The van der Waals surface area contributed by atoms with E-state index in [0.29, 0.717) is 11.7 Å². The minimum absolute atomic E-state index is 0.540. The van der Waals surface area contributed by atoms with E-state index in [1.165, 1.54) is 0 Å². The zero-order valence-corrected chi connectivity index (χ0v) is 11.5. The molecule has 1 aromatic carbocycles. The van der Waals surface area contributed by atoms with E-state index in [0.717, 1.165) is 23.4 Å². The van der Waals surface area contributed by atoms with Gasteiger partial charge in [-0.2, -0.15) is 4.98 Å². The molecule has 0 fully saturated rings. The average Bonchev–Trinajstić information content (AvgIpc) is 2.98. The number of hydrogen-bond donors (Lipinski definition) is 1. The molecule has 0 bridgehead atoms. The van der Waals surface area contributed by atoms with E-state index in [9.17, 15) is 0 Å². The van der Waals surface area contributed by atoms with Gasteiger partial charge in [0.25, 0.3) is 5.89 Å². The predicted octanol–water partition coefficient (Wildman–Crippen LogP) is 2.30. The number of nitrogens with one attached hydrogen (secondary N) is 1. The summed E-state index contributed by atoms with van der Waals surface area (Å²) in [5, 5.41) is 7.12. The molecule has 0 amide bonds. The quantitative estimate of drug-likeness (QED) is 0.925. The van der Waals surface area contributed by atoms with Gasteiger partial charge in [-0.15, -0.1) is 0 Å². The van der Waals surface area contributed by atoms with Gasteiger partial charge in [-0.25, -0.2) is 0 Å². The normalized spacial score (nSPS) is 13.8. The molecule has 0 saturated heterocycles. The lowest BCUT2D eigenvalue weighted by atomic mass is 10.2. The molecular weight excluding hydrogens is 252 g/mol. The van der Waals surface area contributed by atoms with Crippen molar-refractivity contribution in [2.75, 3.05) is 25.5 Å². The van der Waals surface area contributed by atoms with Gasteiger partial charge < -0.3 is 14.7 Å². The van der Waals surface area contributed by atoms with Gasteiger partial charge in [0.15, 0.2) is 0 Å². The largest absolute Gasteiger partial charge is 0.387 e. The lowest BCUT2D eigenvalue weighted by Crippen LogP contribution is -2.08. The van der Waals surface area contributed by atoms with Crippen LogP contribution in [0.2, 0.25) is 0 Å². The second-order valence-corrected chi connectivity index (χ2v) is 4.77. The van der Waals surface area contributed by atoms with Crippen molar-refractivity contribution in [3.8, 4) is 11.5 Å². The van der Waals surface area contributed by atoms with Gasteiger partial charge >= 0.3 is 0 Å². The van der Waals surface area contributed by atoms with Crippen LogP contribution >= 0.6 is 0 Å². The highest BCUT2D eigenvalue weighted by Crippen LogP contribution is 2.23. The van der Waals surface area contributed by atoms with Crippen LogP contribution in [0, 0.1) is 0 Å². The van der Waals surface area contributed by atoms with Crippen molar-refractivity contribution < 1.29 is 4.52 Å². The van der Waals surface area contributed by atoms with Gasteiger partial charge in [0.1, 0.15) is 0 Å². The summed E-state index contributed by atoms with van der Waals surface area (Å²) in [6.45, 7) is 0.785.